The first-order valence-electron chi connectivity index (χ1n) is 7.43. The molecule has 0 saturated carbocycles. The van der Waals surface area contributed by atoms with E-state index in [0.29, 0.717) is 6.42 Å². The van der Waals surface area contributed by atoms with Crippen LogP contribution in [-0.4, -0.2) is 13.0 Å². The van der Waals surface area contributed by atoms with E-state index < -0.39 is 0 Å². The maximum Gasteiger partial charge on any atom is 0.219 e. The minimum Gasteiger partial charge on any atom is -0.359 e. The minimum atomic E-state index is 0.175. The van der Waals surface area contributed by atoms with Crippen LogP contribution in [-0.2, 0) is 4.79 Å². The second-order valence-electron chi connectivity index (χ2n) is 4.54. The average Bonchev–Trinajstić information content (AvgIpc) is 2.37. The van der Waals surface area contributed by atoms with Crippen LogP contribution in [0, 0.1) is 0 Å². The van der Waals surface area contributed by atoms with Crippen molar-refractivity contribution in [1.29, 1.82) is 0 Å². The second kappa shape index (κ2) is 17.9. The van der Waals surface area contributed by atoms with E-state index in [1.165, 1.54) is 51.4 Å². The Kier molecular flexibility index (Phi) is 19.8. The van der Waals surface area contributed by atoms with E-state index in [1.54, 1.807) is 7.05 Å². The Bertz CT molecular complexity index is 144. The smallest absolute Gasteiger partial charge is 0.219 e. The quantitative estimate of drug-likeness (QED) is 0.585. The van der Waals surface area contributed by atoms with Crippen molar-refractivity contribution in [1.82, 2.24) is 5.32 Å². The maximum atomic E-state index is 10.8. The standard InChI is InChI=1S/C11H23NO.C4H10/c1-3-4-5-6-7-8-9-10-11(13)12-2;1-3-4-2/h3-10H2,1-2H3,(H,12,13);3-4H2,1-2H3. The van der Waals surface area contributed by atoms with Crippen LogP contribution >= 0.6 is 0 Å². The molecule has 0 saturated heterocycles. The third kappa shape index (κ3) is 21.3. The van der Waals surface area contributed by atoms with Crippen LogP contribution in [0.2, 0.25) is 0 Å². The van der Waals surface area contributed by atoms with Gasteiger partial charge in [-0.2, -0.15) is 0 Å². The molecule has 2 heteroatoms. The van der Waals surface area contributed by atoms with Crippen molar-refractivity contribution in [2.45, 2.75) is 85.0 Å². The SMILES string of the molecule is CCCC.CCCCCCCCCC(=O)NC. The molecule has 17 heavy (non-hydrogen) atoms. The number of carbonyl (C=O) groups excluding carboxylic acids is 1. The first-order valence-corrected chi connectivity index (χ1v) is 7.43. The van der Waals surface area contributed by atoms with Gasteiger partial charge in [0.2, 0.25) is 5.91 Å². The summed E-state index contributed by atoms with van der Waals surface area (Å²) in [6, 6.07) is 0. The van der Waals surface area contributed by atoms with Gasteiger partial charge in [0.15, 0.2) is 0 Å². The van der Waals surface area contributed by atoms with Gasteiger partial charge in [0.25, 0.3) is 0 Å². The molecule has 0 bridgehead atoms. The molecule has 0 rings (SSSR count). The molecule has 0 unspecified atom stereocenters. The molecule has 0 aromatic heterocycles. The number of rotatable bonds is 9. The van der Waals surface area contributed by atoms with Crippen molar-refractivity contribution >= 4 is 5.91 Å². The molecular formula is C15H33NO. The zero-order valence-electron chi connectivity index (χ0n) is 12.5. The van der Waals surface area contributed by atoms with Crippen LogP contribution in [0.5, 0.6) is 0 Å². The summed E-state index contributed by atoms with van der Waals surface area (Å²) < 4.78 is 0. The van der Waals surface area contributed by atoms with Crippen LogP contribution in [0.25, 0.3) is 0 Å². The first-order chi connectivity index (χ1) is 8.22. The largest absolute Gasteiger partial charge is 0.359 e. The molecule has 1 N–H and O–H groups in total. The maximum absolute atomic E-state index is 10.8. The Morgan fingerprint density at radius 3 is 1.65 bits per heavy atom. The predicted molar refractivity (Wildman–Crippen MR) is 77.3 cm³/mol. The summed E-state index contributed by atoms with van der Waals surface area (Å²) in [4.78, 5) is 10.8. The van der Waals surface area contributed by atoms with Crippen LogP contribution in [0.1, 0.15) is 85.0 Å². The molecule has 0 fully saturated rings. The van der Waals surface area contributed by atoms with E-state index in [-0.39, 0.29) is 5.91 Å². The van der Waals surface area contributed by atoms with Gasteiger partial charge >= 0.3 is 0 Å². The molecule has 1 amide bonds. The summed E-state index contributed by atoms with van der Waals surface area (Å²) in [5, 5.41) is 2.64. The fourth-order valence-corrected chi connectivity index (χ4v) is 1.37. The van der Waals surface area contributed by atoms with Gasteiger partial charge in [-0.05, 0) is 6.42 Å². The van der Waals surface area contributed by atoms with Crippen LogP contribution < -0.4 is 5.32 Å². The highest BCUT2D eigenvalue weighted by atomic mass is 16.1. The fourth-order valence-electron chi connectivity index (χ4n) is 1.37. The summed E-state index contributed by atoms with van der Waals surface area (Å²) in [5.74, 6) is 0.175. The summed E-state index contributed by atoms with van der Waals surface area (Å²) in [7, 11) is 1.70. The van der Waals surface area contributed by atoms with E-state index in [4.69, 9.17) is 0 Å². The number of hydrogen-bond acceptors (Lipinski definition) is 1. The highest BCUT2D eigenvalue weighted by Gasteiger charge is 1.96. The molecule has 0 spiro atoms. The average molecular weight is 243 g/mol. The Labute approximate surface area is 109 Å². The van der Waals surface area contributed by atoms with Gasteiger partial charge in [-0.1, -0.05) is 72.1 Å². The Balaban J connectivity index is 0. The van der Waals surface area contributed by atoms with Gasteiger partial charge in [0, 0.05) is 13.5 Å². The number of nitrogens with one attached hydrogen (secondary N) is 1. The predicted octanol–water partition coefficient (Wildman–Crippen LogP) is 4.68. The molecule has 0 aliphatic rings. The number of amides is 1. The molecule has 0 atom stereocenters. The van der Waals surface area contributed by atoms with Crippen molar-refractivity contribution in [3.05, 3.63) is 0 Å². The van der Waals surface area contributed by atoms with Gasteiger partial charge in [-0.25, -0.2) is 0 Å². The number of unbranched alkanes of at least 4 members (excludes halogenated alkanes) is 7. The van der Waals surface area contributed by atoms with Gasteiger partial charge in [0.1, 0.15) is 0 Å². The summed E-state index contributed by atoms with van der Waals surface area (Å²) in [6.45, 7) is 6.59. The highest BCUT2D eigenvalue weighted by molar-refractivity contribution is 5.75. The number of carbonyl (C=O) groups is 1. The minimum absolute atomic E-state index is 0.175. The molecule has 0 aromatic carbocycles. The molecule has 0 radical (unpaired) electrons. The van der Waals surface area contributed by atoms with Crippen molar-refractivity contribution < 1.29 is 4.79 Å². The lowest BCUT2D eigenvalue weighted by atomic mass is 10.1. The van der Waals surface area contributed by atoms with E-state index in [9.17, 15) is 4.79 Å². The fraction of sp³-hybridized carbons (Fsp3) is 0.933. The molecular weight excluding hydrogens is 210 g/mol. The third-order valence-corrected chi connectivity index (χ3v) is 2.79. The lowest BCUT2D eigenvalue weighted by Gasteiger charge is -2.00. The third-order valence-electron chi connectivity index (χ3n) is 2.79. The summed E-state index contributed by atoms with van der Waals surface area (Å²) in [6.07, 6.45) is 12.2. The first kappa shape index (κ1) is 18.8. The number of hydrogen-bond donors (Lipinski definition) is 1. The lowest BCUT2D eigenvalue weighted by Crippen LogP contribution is -2.16. The molecule has 2 nitrogen and oxygen atoms in total. The molecule has 0 aliphatic carbocycles. The van der Waals surface area contributed by atoms with Crippen molar-refractivity contribution in [2.75, 3.05) is 7.05 Å². The molecule has 0 aliphatic heterocycles. The summed E-state index contributed by atoms with van der Waals surface area (Å²) >= 11 is 0. The van der Waals surface area contributed by atoms with Crippen molar-refractivity contribution in [3.8, 4) is 0 Å². The Morgan fingerprint density at radius 2 is 1.24 bits per heavy atom. The topological polar surface area (TPSA) is 29.1 Å². The van der Waals surface area contributed by atoms with E-state index in [0.717, 1.165) is 6.42 Å². The summed E-state index contributed by atoms with van der Waals surface area (Å²) in [5.41, 5.74) is 0. The molecule has 0 heterocycles. The van der Waals surface area contributed by atoms with Crippen molar-refractivity contribution in [2.24, 2.45) is 0 Å². The van der Waals surface area contributed by atoms with Crippen LogP contribution in [0.4, 0.5) is 0 Å². The Hall–Kier alpha value is -0.530. The van der Waals surface area contributed by atoms with Gasteiger partial charge in [0.05, 0.1) is 0 Å². The highest BCUT2D eigenvalue weighted by Crippen LogP contribution is 2.07. The van der Waals surface area contributed by atoms with Gasteiger partial charge < -0.3 is 5.32 Å². The molecule has 104 valence electrons. The van der Waals surface area contributed by atoms with Gasteiger partial charge in [-0.15, -0.1) is 0 Å². The van der Waals surface area contributed by atoms with Crippen LogP contribution in [0.15, 0.2) is 0 Å². The van der Waals surface area contributed by atoms with E-state index in [2.05, 4.69) is 26.1 Å². The Morgan fingerprint density at radius 1 is 0.765 bits per heavy atom. The van der Waals surface area contributed by atoms with Gasteiger partial charge in [-0.3, -0.25) is 4.79 Å². The van der Waals surface area contributed by atoms with Crippen LogP contribution in [0.3, 0.4) is 0 Å². The molecule has 0 aromatic rings. The zero-order chi connectivity index (χ0) is 13.4. The lowest BCUT2D eigenvalue weighted by molar-refractivity contribution is -0.120. The van der Waals surface area contributed by atoms with E-state index in [1.807, 2.05) is 0 Å². The monoisotopic (exact) mass is 243 g/mol. The zero-order valence-corrected chi connectivity index (χ0v) is 12.5. The van der Waals surface area contributed by atoms with E-state index >= 15 is 0 Å². The normalized spacial score (nSPS) is 9.41. The van der Waals surface area contributed by atoms with Crippen molar-refractivity contribution in [3.63, 3.8) is 0 Å². The second-order valence-corrected chi connectivity index (χ2v) is 4.54.